The second kappa shape index (κ2) is 6.02. The van der Waals surface area contributed by atoms with Gasteiger partial charge in [-0.15, -0.1) is 0 Å². The van der Waals surface area contributed by atoms with Gasteiger partial charge in [-0.05, 0) is 32.2 Å². The predicted molar refractivity (Wildman–Crippen MR) is 69.7 cm³/mol. The molecular formula is C14H29NO. The van der Waals surface area contributed by atoms with Crippen LogP contribution in [0, 0.1) is 11.3 Å². The molecule has 16 heavy (non-hydrogen) atoms. The summed E-state index contributed by atoms with van der Waals surface area (Å²) in [5, 5.41) is 3.41. The number of hydrogen-bond donors (Lipinski definition) is 1. The van der Waals surface area contributed by atoms with Gasteiger partial charge in [-0.3, -0.25) is 0 Å². The molecule has 1 rings (SSSR count). The molecule has 1 aliphatic carbocycles. The monoisotopic (exact) mass is 227 g/mol. The molecule has 2 nitrogen and oxygen atoms in total. The topological polar surface area (TPSA) is 21.3 Å². The molecule has 1 fully saturated rings. The van der Waals surface area contributed by atoms with Crippen molar-refractivity contribution < 1.29 is 4.74 Å². The minimum Gasteiger partial charge on any atom is -0.377 e. The van der Waals surface area contributed by atoms with Gasteiger partial charge in [0.2, 0.25) is 0 Å². The van der Waals surface area contributed by atoms with Crippen LogP contribution in [0.3, 0.4) is 0 Å². The summed E-state index contributed by atoms with van der Waals surface area (Å²) in [5.74, 6) is 0.708. The highest BCUT2D eigenvalue weighted by Crippen LogP contribution is 2.45. The lowest BCUT2D eigenvalue weighted by molar-refractivity contribution is -0.134. The Morgan fingerprint density at radius 2 is 2.12 bits per heavy atom. The second-order valence-corrected chi connectivity index (χ2v) is 5.65. The molecule has 0 aromatic heterocycles. The molecule has 96 valence electrons. The van der Waals surface area contributed by atoms with Crippen LogP contribution >= 0.6 is 0 Å². The van der Waals surface area contributed by atoms with Crippen LogP contribution in [-0.4, -0.2) is 25.8 Å². The average Bonchev–Trinajstić information content (AvgIpc) is 2.27. The normalized spacial score (nSPS) is 35.8. The molecule has 1 aliphatic rings. The van der Waals surface area contributed by atoms with E-state index in [1.54, 1.807) is 0 Å². The van der Waals surface area contributed by atoms with Crippen LogP contribution in [0.1, 0.15) is 53.4 Å². The van der Waals surface area contributed by atoms with E-state index in [1.165, 1.54) is 25.7 Å². The van der Waals surface area contributed by atoms with Gasteiger partial charge in [-0.2, -0.15) is 0 Å². The lowest BCUT2D eigenvalue weighted by atomic mass is 9.61. The van der Waals surface area contributed by atoms with E-state index in [2.05, 4.69) is 40.1 Å². The van der Waals surface area contributed by atoms with Gasteiger partial charge >= 0.3 is 0 Å². The van der Waals surface area contributed by atoms with Crippen LogP contribution in [0.25, 0.3) is 0 Å². The van der Waals surface area contributed by atoms with Crippen LogP contribution in [0.2, 0.25) is 0 Å². The first-order valence-corrected chi connectivity index (χ1v) is 6.87. The van der Waals surface area contributed by atoms with Crippen LogP contribution in [0.4, 0.5) is 0 Å². The van der Waals surface area contributed by atoms with Crippen LogP contribution in [0.15, 0.2) is 0 Å². The Balaban J connectivity index is 2.34. The molecule has 0 saturated heterocycles. The molecule has 0 aromatic carbocycles. The molecule has 0 aliphatic heterocycles. The van der Waals surface area contributed by atoms with Crippen molar-refractivity contribution in [1.82, 2.24) is 5.32 Å². The van der Waals surface area contributed by atoms with Crippen molar-refractivity contribution in [3.05, 3.63) is 0 Å². The van der Waals surface area contributed by atoms with Gasteiger partial charge in [0.15, 0.2) is 0 Å². The molecule has 0 amide bonds. The third kappa shape index (κ3) is 2.78. The highest BCUT2D eigenvalue weighted by molar-refractivity contribution is 5.04. The van der Waals surface area contributed by atoms with E-state index < -0.39 is 0 Å². The molecular weight excluding hydrogens is 198 g/mol. The zero-order chi connectivity index (χ0) is 12.2. The van der Waals surface area contributed by atoms with Gasteiger partial charge in [0.05, 0.1) is 6.10 Å². The quantitative estimate of drug-likeness (QED) is 0.721. The predicted octanol–water partition coefficient (Wildman–Crippen LogP) is 3.22. The Labute approximate surface area is 101 Å². The minimum absolute atomic E-state index is 0.348. The Kier molecular flexibility index (Phi) is 5.26. The smallest absolute Gasteiger partial charge is 0.0658 e. The van der Waals surface area contributed by atoms with E-state index in [0.717, 1.165) is 6.61 Å². The van der Waals surface area contributed by atoms with E-state index >= 15 is 0 Å². The SMILES string of the molecule is CCCC(C)COC1CC(NC)C1(C)CC. The highest BCUT2D eigenvalue weighted by Gasteiger charge is 2.50. The first-order valence-electron chi connectivity index (χ1n) is 6.87. The van der Waals surface area contributed by atoms with Gasteiger partial charge in [0, 0.05) is 18.1 Å². The van der Waals surface area contributed by atoms with Crippen molar-refractivity contribution in [2.45, 2.75) is 65.5 Å². The van der Waals surface area contributed by atoms with E-state index in [9.17, 15) is 0 Å². The zero-order valence-corrected chi connectivity index (χ0v) is 11.7. The van der Waals surface area contributed by atoms with E-state index in [0.29, 0.717) is 23.5 Å². The Hall–Kier alpha value is -0.0800. The molecule has 4 unspecified atom stereocenters. The number of rotatable bonds is 7. The van der Waals surface area contributed by atoms with Gasteiger partial charge in [-0.25, -0.2) is 0 Å². The first-order chi connectivity index (χ1) is 7.58. The molecule has 2 heteroatoms. The lowest BCUT2D eigenvalue weighted by Crippen LogP contribution is -2.61. The number of ether oxygens (including phenoxy) is 1. The molecule has 1 saturated carbocycles. The molecule has 0 radical (unpaired) electrons. The third-order valence-electron chi connectivity index (χ3n) is 4.46. The van der Waals surface area contributed by atoms with Crippen molar-refractivity contribution in [3.8, 4) is 0 Å². The van der Waals surface area contributed by atoms with Gasteiger partial charge in [0.1, 0.15) is 0 Å². The maximum atomic E-state index is 6.09. The van der Waals surface area contributed by atoms with Gasteiger partial charge in [0.25, 0.3) is 0 Å². The van der Waals surface area contributed by atoms with E-state index in [1.807, 2.05) is 0 Å². The Morgan fingerprint density at radius 3 is 2.62 bits per heavy atom. The summed E-state index contributed by atoms with van der Waals surface area (Å²) >= 11 is 0. The minimum atomic E-state index is 0.348. The second-order valence-electron chi connectivity index (χ2n) is 5.65. The zero-order valence-electron chi connectivity index (χ0n) is 11.7. The van der Waals surface area contributed by atoms with E-state index in [-0.39, 0.29) is 0 Å². The first kappa shape index (κ1) is 14.0. The summed E-state index contributed by atoms with van der Waals surface area (Å²) in [4.78, 5) is 0. The van der Waals surface area contributed by atoms with Crippen LogP contribution < -0.4 is 5.32 Å². The summed E-state index contributed by atoms with van der Waals surface area (Å²) in [7, 11) is 2.06. The summed E-state index contributed by atoms with van der Waals surface area (Å²) < 4.78 is 6.09. The maximum absolute atomic E-state index is 6.09. The number of nitrogens with one attached hydrogen (secondary N) is 1. The average molecular weight is 227 g/mol. The molecule has 0 aromatic rings. The highest BCUT2D eigenvalue weighted by atomic mass is 16.5. The fourth-order valence-electron chi connectivity index (χ4n) is 2.85. The fraction of sp³-hybridized carbons (Fsp3) is 1.00. The summed E-state index contributed by atoms with van der Waals surface area (Å²) in [6.45, 7) is 10.1. The maximum Gasteiger partial charge on any atom is 0.0658 e. The standard InChI is InChI=1S/C14H29NO/c1-6-8-11(3)10-16-13-9-12(15-5)14(13,4)7-2/h11-13,15H,6-10H2,1-5H3. The Morgan fingerprint density at radius 1 is 1.44 bits per heavy atom. The lowest BCUT2D eigenvalue weighted by Gasteiger charge is -2.53. The molecule has 4 atom stereocenters. The summed E-state index contributed by atoms with van der Waals surface area (Å²) in [6.07, 6.45) is 5.39. The van der Waals surface area contributed by atoms with Crippen molar-refractivity contribution in [2.75, 3.05) is 13.7 Å². The number of hydrogen-bond acceptors (Lipinski definition) is 2. The van der Waals surface area contributed by atoms with Crippen molar-refractivity contribution in [2.24, 2.45) is 11.3 Å². The fourth-order valence-corrected chi connectivity index (χ4v) is 2.85. The molecule has 0 bridgehead atoms. The van der Waals surface area contributed by atoms with E-state index in [4.69, 9.17) is 4.74 Å². The molecule has 1 N–H and O–H groups in total. The Bertz CT molecular complexity index is 207. The summed E-state index contributed by atoms with van der Waals surface area (Å²) in [5.41, 5.74) is 0.348. The van der Waals surface area contributed by atoms with Gasteiger partial charge < -0.3 is 10.1 Å². The van der Waals surface area contributed by atoms with Crippen LogP contribution in [-0.2, 0) is 4.74 Å². The third-order valence-corrected chi connectivity index (χ3v) is 4.46. The largest absolute Gasteiger partial charge is 0.377 e. The molecule has 0 heterocycles. The molecule has 0 spiro atoms. The van der Waals surface area contributed by atoms with Crippen LogP contribution in [0.5, 0.6) is 0 Å². The summed E-state index contributed by atoms with van der Waals surface area (Å²) in [6, 6.07) is 0.643. The van der Waals surface area contributed by atoms with Gasteiger partial charge in [-0.1, -0.05) is 34.1 Å². The van der Waals surface area contributed by atoms with Crippen molar-refractivity contribution in [3.63, 3.8) is 0 Å². The van der Waals surface area contributed by atoms with Crippen molar-refractivity contribution >= 4 is 0 Å². The van der Waals surface area contributed by atoms with Crippen molar-refractivity contribution in [1.29, 1.82) is 0 Å².